The van der Waals surface area contributed by atoms with E-state index in [1.807, 2.05) is 30.3 Å². The lowest BCUT2D eigenvalue weighted by molar-refractivity contribution is -0.119. The van der Waals surface area contributed by atoms with E-state index in [-0.39, 0.29) is 11.9 Å². The number of aromatic amines is 1. The molecule has 26 heavy (non-hydrogen) atoms. The van der Waals surface area contributed by atoms with Crippen LogP contribution >= 0.6 is 11.8 Å². The van der Waals surface area contributed by atoms with Crippen LogP contribution in [0.15, 0.2) is 59.8 Å². The molecule has 1 atom stereocenters. The number of nitrogens with zero attached hydrogens (tertiary/aromatic N) is 2. The Bertz CT molecular complexity index is 847. The maximum absolute atomic E-state index is 12.3. The molecule has 2 aromatic carbocycles. The molecule has 2 N–H and O–H groups in total. The number of carbonyl (C=O) groups excluding carboxylic acids is 1. The fourth-order valence-electron chi connectivity index (χ4n) is 3.34. The number of likely N-dealkylation sites (tertiary alicyclic amines) is 1. The zero-order valence-corrected chi connectivity index (χ0v) is 15.3. The Labute approximate surface area is 157 Å². The molecule has 2 heterocycles. The van der Waals surface area contributed by atoms with E-state index >= 15 is 0 Å². The number of rotatable bonds is 6. The lowest BCUT2D eigenvalue weighted by Crippen LogP contribution is -2.38. The molecular weight excluding hydrogens is 344 g/mol. The quantitative estimate of drug-likeness (QED) is 0.658. The van der Waals surface area contributed by atoms with Gasteiger partial charge in [-0.3, -0.25) is 9.69 Å². The third-order valence-corrected chi connectivity index (χ3v) is 5.47. The number of para-hydroxylation sites is 2. The molecule has 0 bridgehead atoms. The summed E-state index contributed by atoms with van der Waals surface area (Å²) in [4.78, 5) is 22.4. The van der Waals surface area contributed by atoms with Gasteiger partial charge in [-0.2, -0.15) is 0 Å². The molecular formula is C20H22N4OS. The molecule has 0 radical (unpaired) electrons. The van der Waals surface area contributed by atoms with Crippen molar-refractivity contribution in [2.45, 2.75) is 24.2 Å². The first kappa shape index (κ1) is 17.1. The van der Waals surface area contributed by atoms with Gasteiger partial charge in [0, 0.05) is 25.7 Å². The Morgan fingerprint density at radius 2 is 2.00 bits per heavy atom. The Kier molecular flexibility index (Phi) is 5.22. The van der Waals surface area contributed by atoms with Gasteiger partial charge in [0.1, 0.15) is 0 Å². The molecule has 1 aliphatic rings. The molecule has 6 heteroatoms. The highest BCUT2D eigenvalue weighted by molar-refractivity contribution is 7.99. The van der Waals surface area contributed by atoms with Crippen LogP contribution in [0, 0.1) is 0 Å². The van der Waals surface area contributed by atoms with Gasteiger partial charge in [-0.1, -0.05) is 54.2 Å². The predicted molar refractivity (Wildman–Crippen MR) is 105 cm³/mol. The van der Waals surface area contributed by atoms with E-state index in [4.69, 9.17) is 0 Å². The number of amides is 1. The molecule has 0 unspecified atom stereocenters. The van der Waals surface area contributed by atoms with Crippen LogP contribution in [-0.4, -0.2) is 45.7 Å². The zero-order valence-electron chi connectivity index (χ0n) is 14.5. The first-order valence-corrected chi connectivity index (χ1v) is 9.88. The summed E-state index contributed by atoms with van der Waals surface area (Å²) in [6, 6.07) is 18.6. The van der Waals surface area contributed by atoms with Crippen molar-refractivity contribution in [2.75, 3.05) is 18.8 Å². The van der Waals surface area contributed by atoms with Gasteiger partial charge in [-0.25, -0.2) is 4.98 Å². The fourth-order valence-corrected chi connectivity index (χ4v) is 4.03. The number of imidazole rings is 1. The summed E-state index contributed by atoms with van der Waals surface area (Å²) < 4.78 is 0. The number of nitrogens with one attached hydrogen (secondary N) is 2. The maximum Gasteiger partial charge on any atom is 0.230 e. The van der Waals surface area contributed by atoms with E-state index in [2.05, 4.69) is 44.5 Å². The normalized spacial score (nSPS) is 17.6. The van der Waals surface area contributed by atoms with Crippen molar-refractivity contribution < 1.29 is 4.79 Å². The lowest BCUT2D eigenvalue weighted by Gasteiger charge is -2.16. The Morgan fingerprint density at radius 3 is 2.85 bits per heavy atom. The Hall–Kier alpha value is -2.31. The van der Waals surface area contributed by atoms with Crippen LogP contribution in [0.1, 0.15) is 12.0 Å². The summed E-state index contributed by atoms with van der Waals surface area (Å²) >= 11 is 1.45. The minimum atomic E-state index is 0.0713. The van der Waals surface area contributed by atoms with Gasteiger partial charge in [0.25, 0.3) is 0 Å². The third kappa shape index (κ3) is 4.26. The molecule has 4 rings (SSSR count). The smallest absolute Gasteiger partial charge is 0.230 e. The fraction of sp³-hybridized carbons (Fsp3) is 0.300. The molecule has 1 amide bonds. The van der Waals surface area contributed by atoms with Crippen LogP contribution < -0.4 is 5.32 Å². The van der Waals surface area contributed by atoms with Crippen LogP contribution in [-0.2, 0) is 11.3 Å². The molecule has 134 valence electrons. The van der Waals surface area contributed by atoms with Gasteiger partial charge < -0.3 is 10.3 Å². The average Bonchev–Trinajstić information content (AvgIpc) is 3.27. The minimum absolute atomic E-state index is 0.0713. The number of hydrogen-bond donors (Lipinski definition) is 2. The van der Waals surface area contributed by atoms with Crippen LogP contribution in [0.3, 0.4) is 0 Å². The van der Waals surface area contributed by atoms with Crippen molar-refractivity contribution >= 4 is 28.7 Å². The number of H-pyrrole nitrogens is 1. The monoisotopic (exact) mass is 366 g/mol. The van der Waals surface area contributed by atoms with Gasteiger partial charge in [-0.05, 0) is 24.1 Å². The summed E-state index contributed by atoms with van der Waals surface area (Å²) in [6.45, 7) is 2.88. The number of carbonyl (C=O) groups is 1. The third-order valence-electron chi connectivity index (χ3n) is 4.59. The molecule has 5 nitrogen and oxygen atoms in total. The van der Waals surface area contributed by atoms with Crippen LogP contribution in [0.25, 0.3) is 11.0 Å². The highest BCUT2D eigenvalue weighted by Crippen LogP contribution is 2.19. The molecule has 0 aliphatic carbocycles. The van der Waals surface area contributed by atoms with Gasteiger partial charge in [0.15, 0.2) is 5.16 Å². The number of benzene rings is 2. The molecule has 3 aromatic rings. The first-order chi connectivity index (χ1) is 12.8. The number of thioether (sulfide) groups is 1. The summed E-state index contributed by atoms with van der Waals surface area (Å²) in [5.74, 6) is 0.455. The van der Waals surface area contributed by atoms with E-state index in [0.717, 1.165) is 42.2 Å². The van der Waals surface area contributed by atoms with Crippen molar-refractivity contribution in [3.05, 3.63) is 60.2 Å². The van der Waals surface area contributed by atoms with Crippen LogP contribution in [0.2, 0.25) is 0 Å². The van der Waals surface area contributed by atoms with E-state index in [1.165, 1.54) is 17.3 Å². The van der Waals surface area contributed by atoms with E-state index in [1.54, 1.807) is 0 Å². The molecule has 1 aromatic heterocycles. The van der Waals surface area contributed by atoms with Gasteiger partial charge in [0.05, 0.1) is 16.8 Å². The second-order valence-electron chi connectivity index (χ2n) is 6.62. The highest BCUT2D eigenvalue weighted by atomic mass is 32.2. The van der Waals surface area contributed by atoms with Crippen molar-refractivity contribution in [1.82, 2.24) is 20.2 Å². The SMILES string of the molecule is O=C(CSc1nc2ccccc2[nH]1)N[C@@H]1CCN(Cc2ccccc2)C1. The van der Waals surface area contributed by atoms with E-state index in [0.29, 0.717) is 5.75 Å². The van der Waals surface area contributed by atoms with Gasteiger partial charge in [-0.15, -0.1) is 0 Å². The lowest BCUT2D eigenvalue weighted by atomic mass is 10.2. The number of hydrogen-bond acceptors (Lipinski definition) is 4. The maximum atomic E-state index is 12.3. The number of fused-ring (bicyclic) bond motifs is 1. The molecule has 0 saturated carbocycles. The summed E-state index contributed by atoms with van der Waals surface area (Å²) in [6.07, 6.45) is 1.01. The standard InChI is InChI=1S/C20H22N4OS/c25-19(14-26-20-22-17-8-4-5-9-18(17)23-20)21-16-10-11-24(13-16)12-15-6-2-1-3-7-15/h1-9,16H,10-14H2,(H,21,25)(H,22,23)/t16-/m1/s1. The number of aromatic nitrogens is 2. The summed E-state index contributed by atoms with van der Waals surface area (Å²) in [7, 11) is 0. The second-order valence-corrected chi connectivity index (χ2v) is 7.59. The van der Waals surface area contributed by atoms with Crippen LogP contribution in [0.4, 0.5) is 0 Å². The van der Waals surface area contributed by atoms with Crippen molar-refractivity contribution in [1.29, 1.82) is 0 Å². The first-order valence-electron chi connectivity index (χ1n) is 8.89. The molecule has 1 aliphatic heterocycles. The van der Waals surface area contributed by atoms with E-state index in [9.17, 15) is 4.79 Å². The molecule has 0 spiro atoms. The highest BCUT2D eigenvalue weighted by Gasteiger charge is 2.23. The van der Waals surface area contributed by atoms with Crippen molar-refractivity contribution in [3.63, 3.8) is 0 Å². The molecule has 1 saturated heterocycles. The largest absolute Gasteiger partial charge is 0.351 e. The van der Waals surface area contributed by atoms with Gasteiger partial charge >= 0.3 is 0 Å². The molecule has 1 fully saturated rings. The average molecular weight is 366 g/mol. The predicted octanol–water partition coefficient (Wildman–Crippen LogP) is 3.05. The Balaban J connectivity index is 1.23. The zero-order chi connectivity index (χ0) is 17.8. The van der Waals surface area contributed by atoms with Gasteiger partial charge in [0.2, 0.25) is 5.91 Å². The summed E-state index contributed by atoms with van der Waals surface area (Å²) in [5, 5.41) is 3.95. The van der Waals surface area contributed by atoms with Crippen molar-refractivity contribution in [2.24, 2.45) is 0 Å². The topological polar surface area (TPSA) is 61.0 Å². The second kappa shape index (κ2) is 7.93. The van der Waals surface area contributed by atoms with E-state index < -0.39 is 0 Å². The van der Waals surface area contributed by atoms with Crippen molar-refractivity contribution in [3.8, 4) is 0 Å². The van der Waals surface area contributed by atoms with Crippen LogP contribution in [0.5, 0.6) is 0 Å². The summed E-state index contributed by atoms with van der Waals surface area (Å²) in [5.41, 5.74) is 3.26. The Morgan fingerprint density at radius 1 is 1.19 bits per heavy atom. The minimum Gasteiger partial charge on any atom is -0.351 e.